The molecule has 2 heterocycles. The summed E-state index contributed by atoms with van der Waals surface area (Å²) in [5.41, 5.74) is 1.32. The first kappa shape index (κ1) is 17.8. The van der Waals surface area contributed by atoms with Gasteiger partial charge in [-0.1, -0.05) is 12.1 Å². The van der Waals surface area contributed by atoms with Crippen molar-refractivity contribution in [1.82, 2.24) is 10.2 Å². The van der Waals surface area contributed by atoms with Crippen molar-refractivity contribution in [2.75, 3.05) is 33.4 Å². The third kappa shape index (κ3) is 4.38. The lowest BCUT2D eigenvalue weighted by molar-refractivity contribution is -0.123. The summed E-state index contributed by atoms with van der Waals surface area (Å²) in [5.74, 6) is 2.90. The van der Waals surface area contributed by atoms with Gasteiger partial charge in [0.15, 0.2) is 0 Å². The molecule has 4 rings (SSSR count). The van der Waals surface area contributed by atoms with Crippen molar-refractivity contribution in [3.8, 4) is 5.75 Å². The lowest BCUT2D eigenvalue weighted by Gasteiger charge is -2.35. The average molecular weight is 358 g/mol. The number of rotatable bonds is 7. The van der Waals surface area contributed by atoms with Crippen molar-refractivity contribution >= 4 is 5.91 Å². The van der Waals surface area contributed by atoms with Crippen molar-refractivity contribution in [3.63, 3.8) is 0 Å². The second-order valence-corrected chi connectivity index (χ2v) is 8.12. The Balaban J connectivity index is 1.25. The number of nitrogens with one attached hydrogen (secondary N) is 1. The fourth-order valence-electron chi connectivity index (χ4n) is 4.34. The van der Waals surface area contributed by atoms with Crippen LogP contribution in [0.5, 0.6) is 5.75 Å². The van der Waals surface area contributed by atoms with Crippen LogP contribution in [0.3, 0.4) is 0 Å². The number of piperidine rings is 1. The van der Waals surface area contributed by atoms with E-state index in [1.54, 1.807) is 7.11 Å². The number of likely N-dealkylation sites (tertiary alicyclic amines) is 1. The number of benzene rings is 1. The number of hydrogen-bond donors (Lipinski definition) is 1. The second-order valence-electron chi connectivity index (χ2n) is 8.12. The third-order valence-electron chi connectivity index (χ3n) is 6.12. The van der Waals surface area contributed by atoms with Gasteiger partial charge in [-0.05, 0) is 55.3 Å². The number of carbonyl (C=O) groups is 1. The maximum Gasteiger partial charge on any atom is 0.222 e. The lowest BCUT2D eigenvalue weighted by Crippen LogP contribution is -2.42. The molecule has 2 aliphatic heterocycles. The topological polar surface area (TPSA) is 50.8 Å². The van der Waals surface area contributed by atoms with Crippen molar-refractivity contribution in [2.45, 2.75) is 38.3 Å². The summed E-state index contributed by atoms with van der Waals surface area (Å²) in [6, 6.07) is 8.33. The summed E-state index contributed by atoms with van der Waals surface area (Å²) >= 11 is 0. The fourth-order valence-corrected chi connectivity index (χ4v) is 4.34. The monoisotopic (exact) mass is 358 g/mol. The maximum absolute atomic E-state index is 12.2. The van der Waals surface area contributed by atoms with Gasteiger partial charge >= 0.3 is 0 Å². The molecule has 1 aromatic rings. The molecule has 3 fully saturated rings. The minimum Gasteiger partial charge on any atom is -0.497 e. The third-order valence-corrected chi connectivity index (χ3v) is 6.12. The normalized spacial score (nSPS) is 28.6. The van der Waals surface area contributed by atoms with Crippen molar-refractivity contribution < 1.29 is 14.3 Å². The van der Waals surface area contributed by atoms with Crippen molar-refractivity contribution in [3.05, 3.63) is 29.8 Å². The first-order chi connectivity index (χ1) is 12.7. The molecule has 1 N–H and O–H groups in total. The van der Waals surface area contributed by atoms with E-state index >= 15 is 0 Å². The zero-order valence-electron chi connectivity index (χ0n) is 15.7. The van der Waals surface area contributed by atoms with Crippen molar-refractivity contribution in [2.24, 2.45) is 17.8 Å². The molecule has 0 radical (unpaired) electrons. The molecule has 142 valence electrons. The Bertz CT molecular complexity index is 614. The van der Waals surface area contributed by atoms with Crippen LogP contribution >= 0.6 is 0 Å². The largest absolute Gasteiger partial charge is 0.497 e. The van der Waals surface area contributed by atoms with Crippen LogP contribution in [0.4, 0.5) is 0 Å². The Hall–Kier alpha value is -1.59. The minimum atomic E-state index is 0.113. The molecule has 5 heteroatoms. The predicted octanol–water partition coefficient (Wildman–Crippen LogP) is 2.45. The number of ether oxygens (including phenoxy) is 2. The molecule has 1 saturated carbocycles. The van der Waals surface area contributed by atoms with E-state index in [0.29, 0.717) is 18.3 Å². The number of hydrogen-bond acceptors (Lipinski definition) is 4. The van der Waals surface area contributed by atoms with Crippen LogP contribution < -0.4 is 10.1 Å². The number of nitrogens with zero attached hydrogens (tertiary/aromatic N) is 1. The van der Waals surface area contributed by atoms with Gasteiger partial charge in [0.2, 0.25) is 5.91 Å². The molecular formula is C21H30N2O3. The standard InChI is InChI=1S/C21H30N2O3/c1-25-18-6-4-16(5-7-18)12-23-9-8-19-17(13-23)14-26-20(19)10-21(24)22-11-15-2-3-15/h4-7,15,17,19-20H,2-3,8-14H2,1H3,(H,22,24)/t17-,19-,20-/m1/s1. The maximum atomic E-state index is 12.2. The predicted molar refractivity (Wildman–Crippen MR) is 100.0 cm³/mol. The van der Waals surface area contributed by atoms with Crippen LogP contribution in [0.15, 0.2) is 24.3 Å². The first-order valence-corrected chi connectivity index (χ1v) is 9.95. The van der Waals surface area contributed by atoms with Crippen LogP contribution in [-0.4, -0.2) is 50.3 Å². The Morgan fingerprint density at radius 1 is 1.27 bits per heavy atom. The molecule has 1 aromatic carbocycles. The molecule has 3 atom stereocenters. The molecule has 0 unspecified atom stereocenters. The van der Waals surface area contributed by atoms with Gasteiger partial charge in [-0.2, -0.15) is 0 Å². The van der Waals surface area contributed by atoms with Crippen LogP contribution in [0.25, 0.3) is 0 Å². The lowest BCUT2D eigenvalue weighted by atomic mass is 9.83. The summed E-state index contributed by atoms with van der Waals surface area (Å²) in [6.45, 7) is 4.77. The Morgan fingerprint density at radius 3 is 2.81 bits per heavy atom. The van der Waals surface area contributed by atoms with E-state index in [0.717, 1.165) is 50.9 Å². The highest BCUT2D eigenvalue weighted by Crippen LogP contribution is 2.36. The summed E-state index contributed by atoms with van der Waals surface area (Å²) in [6.07, 6.45) is 4.32. The van der Waals surface area contributed by atoms with Gasteiger partial charge in [0.25, 0.3) is 0 Å². The van der Waals surface area contributed by atoms with Gasteiger partial charge in [0.1, 0.15) is 5.75 Å². The number of amides is 1. The quantitative estimate of drug-likeness (QED) is 0.813. The fraction of sp³-hybridized carbons (Fsp3) is 0.667. The van der Waals surface area contributed by atoms with Gasteiger partial charge in [-0.3, -0.25) is 9.69 Å². The van der Waals surface area contributed by atoms with Crippen LogP contribution in [0.1, 0.15) is 31.2 Å². The molecule has 2 saturated heterocycles. The summed E-state index contributed by atoms with van der Waals surface area (Å²) < 4.78 is 11.2. The van der Waals surface area contributed by atoms with Gasteiger partial charge in [-0.25, -0.2) is 0 Å². The zero-order chi connectivity index (χ0) is 17.9. The highest BCUT2D eigenvalue weighted by atomic mass is 16.5. The number of fused-ring (bicyclic) bond motifs is 1. The Labute approximate surface area is 156 Å². The highest BCUT2D eigenvalue weighted by molar-refractivity contribution is 5.76. The molecule has 0 aromatic heterocycles. The van der Waals surface area contributed by atoms with Gasteiger partial charge in [-0.15, -0.1) is 0 Å². The van der Waals surface area contributed by atoms with E-state index in [9.17, 15) is 4.79 Å². The smallest absolute Gasteiger partial charge is 0.222 e. The molecule has 0 bridgehead atoms. The van der Waals surface area contributed by atoms with E-state index in [1.165, 1.54) is 18.4 Å². The summed E-state index contributed by atoms with van der Waals surface area (Å²) in [7, 11) is 1.70. The van der Waals surface area contributed by atoms with Gasteiger partial charge in [0.05, 0.1) is 26.2 Å². The van der Waals surface area contributed by atoms with Crippen molar-refractivity contribution in [1.29, 1.82) is 0 Å². The van der Waals surface area contributed by atoms with E-state index in [-0.39, 0.29) is 12.0 Å². The van der Waals surface area contributed by atoms with E-state index < -0.39 is 0 Å². The molecule has 5 nitrogen and oxygen atoms in total. The molecule has 0 spiro atoms. The molecular weight excluding hydrogens is 328 g/mol. The Morgan fingerprint density at radius 2 is 2.08 bits per heavy atom. The van der Waals surface area contributed by atoms with Gasteiger partial charge in [0, 0.05) is 25.6 Å². The van der Waals surface area contributed by atoms with Crippen LogP contribution in [0.2, 0.25) is 0 Å². The molecule has 1 amide bonds. The van der Waals surface area contributed by atoms with Crippen LogP contribution in [0, 0.1) is 17.8 Å². The second kappa shape index (κ2) is 7.97. The Kier molecular flexibility index (Phi) is 5.46. The summed E-state index contributed by atoms with van der Waals surface area (Å²) in [5, 5.41) is 3.08. The SMILES string of the molecule is COc1ccc(CN2CC[C@@H]3[C@@H](CO[C@@H]3CC(=O)NCC3CC3)C2)cc1. The van der Waals surface area contributed by atoms with Gasteiger partial charge < -0.3 is 14.8 Å². The highest BCUT2D eigenvalue weighted by Gasteiger charge is 2.41. The molecule has 3 aliphatic rings. The van der Waals surface area contributed by atoms with E-state index in [4.69, 9.17) is 9.47 Å². The van der Waals surface area contributed by atoms with Crippen LogP contribution in [-0.2, 0) is 16.1 Å². The molecule has 26 heavy (non-hydrogen) atoms. The first-order valence-electron chi connectivity index (χ1n) is 9.95. The zero-order valence-corrected chi connectivity index (χ0v) is 15.7. The van der Waals surface area contributed by atoms with E-state index in [2.05, 4.69) is 22.3 Å². The number of methoxy groups -OCH3 is 1. The number of carbonyl (C=O) groups excluding carboxylic acids is 1. The molecule has 1 aliphatic carbocycles. The average Bonchev–Trinajstić information content (AvgIpc) is 3.42. The van der Waals surface area contributed by atoms with E-state index in [1.807, 2.05) is 12.1 Å². The minimum absolute atomic E-state index is 0.113. The summed E-state index contributed by atoms with van der Waals surface area (Å²) in [4.78, 5) is 14.7.